The molecule has 2 nitrogen and oxygen atoms in total. The maximum absolute atomic E-state index is 5.97. The summed E-state index contributed by atoms with van der Waals surface area (Å²) >= 11 is 0. The topological polar surface area (TPSA) is 35.2 Å². The predicted molar refractivity (Wildman–Crippen MR) is 44.0 cm³/mol. The number of hydrogen-bond donors (Lipinski definition) is 1. The molecule has 62 valence electrons. The molecule has 1 aliphatic carbocycles. The Kier molecular flexibility index (Phi) is 1.86. The second-order valence-corrected chi connectivity index (χ2v) is 3.60. The molecule has 0 saturated heterocycles. The van der Waals surface area contributed by atoms with E-state index < -0.39 is 0 Å². The minimum absolute atomic E-state index is 0.282. The molecular formula is C9H15NO. The summed E-state index contributed by atoms with van der Waals surface area (Å²) in [5, 5.41) is 0. The van der Waals surface area contributed by atoms with Crippen LogP contribution >= 0.6 is 0 Å². The summed E-state index contributed by atoms with van der Waals surface area (Å²) in [6.45, 7) is 0.841. The van der Waals surface area contributed by atoms with Crippen molar-refractivity contribution in [2.75, 3.05) is 6.61 Å². The standard InChI is InChI=1S/C9H15NO/c10-9(5-7-1-2-7)8-3-4-11-6-8/h6-7,9H,1-5,10H2. The van der Waals surface area contributed by atoms with Crippen LogP contribution in [0.15, 0.2) is 11.8 Å². The molecule has 2 aliphatic rings. The minimum Gasteiger partial charge on any atom is -0.501 e. The average Bonchev–Trinajstić information content (AvgIpc) is 2.67. The van der Waals surface area contributed by atoms with Gasteiger partial charge in [0.05, 0.1) is 12.9 Å². The molecule has 1 unspecified atom stereocenters. The molecule has 0 amide bonds. The summed E-state index contributed by atoms with van der Waals surface area (Å²) in [5.74, 6) is 0.923. The van der Waals surface area contributed by atoms with E-state index in [9.17, 15) is 0 Å². The Bertz CT molecular complexity index is 172. The molecule has 0 aromatic carbocycles. The van der Waals surface area contributed by atoms with Gasteiger partial charge in [-0.15, -0.1) is 0 Å². The lowest BCUT2D eigenvalue weighted by molar-refractivity contribution is 0.281. The van der Waals surface area contributed by atoms with Crippen LogP contribution in [0.5, 0.6) is 0 Å². The number of hydrogen-bond acceptors (Lipinski definition) is 2. The summed E-state index contributed by atoms with van der Waals surface area (Å²) in [6.07, 6.45) is 6.86. The lowest BCUT2D eigenvalue weighted by atomic mass is 10.0. The summed E-state index contributed by atoms with van der Waals surface area (Å²) in [7, 11) is 0. The molecule has 1 saturated carbocycles. The van der Waals surface area contributed by atoms with Gasteiger partial charge in [0.2, 0.25) is 0 Å². The highest BCUT2D eigenvalue weighted by Gasteiger charge is 2.26. The van der Waals surface area contributed by atoms with Crippen molar-refractivity contribution in [2.24, 2.45) is 11.7 Å². The Balaban J connectivity index is 1.82. The Morgan fingerprint density at radius 1 is 1.64 bits per heavy atom. The van der Waals surface area contributed by atoms with E-state index in [1.165, 1.54) is 24.8 Å². The van der Waals surface area contributed by atoms with Crippen molar-refractivity contribution in [3.63, 3.8) is 0 Å². The Labute approximate surface area is 67.4 Å². The molecule has 0 aromatic heterocycles. The second kappa shape index (κ2) is 2.86. The van der Waals surface area contributed by atoms with E-state index in [0.717, 1.165) is 18.9 Å². The van der Waals surface area contributed by atoms with Crippen molar-refractivity contribution < 1.29 is 4.74 Å². The van der Waals surface area contributed by atoms with Gasteiger partial charge >= 0.3 is 0 Å². The third kappa shape index (κ3) is 1.74. The molecule has 1 heterocycles. The van der Waals surface area contributed by atoms with E-state index >= 15 is 0 Å². The molecule has 0 radical (unpaired) electrons. The highest BCUT2D eigenvalue weighted by molar-refractivity contribution is 5.11. The summed E-state index contributed by atoms with van der Waals surface area (Å²) in [5.41, 5.74) is 7.29. The van der Waals surface area contributed by atoms with Crippen LogP contribution in [0.25, 0.3) is 0 Å². The fraction of sp³-hybridized carbons (Fsp3) is 0.778. The molecule has 0 spiro atoms. The number of ether oxygens (including phenoxy) is 1. The van der Waals surface area contributed by atoms with Gasteiger partial charge in [-0.2, -0.15) is 0 Å². The van der Waals surface area contributed by atoms with Gasteiger partial charge in [-0.05, 0) is 17.9 Å². The van der Waals surface area contributed by atoms with Gasteiger partial charge in [-0.1, -0.05) is 12.8 Å². The van der Waals surface area contributed by atoms with Gasteiger partial charge in [0.1, 0.15) is 0 Å². The number of nitrogens with two attached hydrogens (primary N) is 1. The fourth-order valence-electron chi connectivity index (χ4n) is 1.54. The third-order valence-electron chi connectivity index (χ3n) is 2.50. The lowest BCUT2D eigenvalue weighted by Gasteiger charge is -2.09. The number of rotatable bonds is 3. The van der Waals surface area contributed by atoms with Crippen molar-refractivity contribution in [1.29, 1.82) is 0 Å². The van der Waals surface area contributed by atoms with E-state index in [-0.39, 0.29) is 6.04 Å². The van der Waals surface area contributed by atoms with Crippen molar-refractivity contribution >= 4 is 0 Å². The van der Waals surface area contributed by atoms with Crippen LogP contribution < -0.4 is 5.73 Å². The smallest absolute Gasteiger partial charge is 0.0912 e. The Morgan fingerprint density at radius 3 is 3.00 bits per heavy atom. The van der Waals surface area contributed by atoms with Gasteiger partial charge < -0.3 is 10.5 Å². The normalized spacial score (nSPS) is 26.1. The molecular weight excluding hydrogens is 138 g/mol. The van der Waals surface area contributed by atoms with Crippen LogP contribution in [0, 0.1) is 5.92 Å². The molecule has 0 aromatic rings. The maximum Gasteiger partial charge on any atom is 0.0912 e. The van der Waals surface area contributed by atoms with E-state index in [2.05, 4.69) is 0 Å². The first-order chi connectivity index (χ1) is 5.36. The van der Waals surface area contributed by atoms with Crippen molar-refractivity contribution in [3.8, 4) is 0 Å². The van der Waals surface area contributed by atoms with Crippen LogP contribution in [-0.4, -0.2) is 12.6 Å². The van der Waals surface area contributed by atoms with Crippen molar-refractivity contribution in [1.82, 2.24) is 0 Å². The maximum atomic E-state index is 5.97. The Morgan fingerprint density at radius 2 is 2.45 bits per heavy atom. The summed E-state index contributed by atoms with van der Waals surface area (Å²) in [4.78, 5) is 0. The lowest BCUT2D eigenvalue weighted by Crippen LogP contribution is -2.22. The second-order valence-electron chi connectivity index (χ2n) is 3.60. The van der Waals surface area contributed by atoms with Crippen LogP contribution in [0.4, 0.5) is 0 Å². The zero-order valence-corrected chi connectivity index (χ0v) is 6.75. The van der Waals surface area contributed by atoms with Gasteiger partial charge in [0.25, 0.3) is 0 Å². The highest BCUT2D eigenvalue weighted by Crippen LogP contribution is 2.35. The van der Waals surface area contributed by atoms with Crippen LogP contribution in [-0.2, 0) is 4.74 Å². The van der Waals surface area contributed by atoms with Gasteiger partial charge in [0, 0.05) is 12.5 Å². The SMILES string of the molecule is NC(CC1CC1)C1=COCC1. The van der Waals surface area contributed by atoms with Crippen LogP contribution in [0.1, 0.15) is 25.7 Å². The molecule has 1 aliphatic heterocycles. The minimum atomic E-state index is 0.282. The van der Waals surface area contributed by atoms with E-state index in [1.807, 2.05) is 6.26 Å². The van der Waals surface area contributed by atoms with Crippen LogP contribution in [0.2, 0.25) is 0 Å². The third-order valence-corrected chi connectivity index (χ3v) is 2.50. The largest absolute Gasteiger partial charge is 0.501 e. The zero-order valence-electron chi connectivity index (χ0n) is 6.75. The zero-order chi connectivity index (χ0) is 7.68. The van der Waals surface area contributed by atoms with Crippen molar-refractivity contribution in [3.05, 3.63) is 11.8 Å². The summed E-state index contributed by atoms with van der Waals surface area (Å²) in [6, 6.07) is 0.282. The monoisotopic (exact) mass is 153 g/mol. The predicted octanol–water partition coefficient (Wildman–Crippen LogP) is 1.42. The quantitative estimate of drug-likeness (QED) is 0.665. The Hall–Kier alpha value is -0.500. The van der Waals surface area contributed by atoms with E-state index in [1.54, 1.807) is 0 Å². The van der Waals surface area contributed by atoms with Crippen LogP contribution in [0.3, 0.4) is 0 Å². The first-order valence-electron chi connectivity index (χ1n) is 4.42. The molecule has 2 N–H and O–H groups in total. The van der Waals surface area contributed by atoms with E-state index in [0.29, 0.717) is 0 Å². The molecule has 0 bridgehead atoms. The highest BCUT2D eigenvalue weighted by atomic mass is 16.5. The first-order valence-corrected chi connectivity index (χ1v) is 4.42. The molecule has 1 fully saturated rings. The average molecular weight is 153 g/mol. The molecule has 2 heteroatoms. The summed E-state index contributed by atoms with van der Waals surface area (Å²) < 4.78 is 5.14. The van der Waals surface area contributed by atoms with Gasteiger partial charge in [-0.3, -0.25) is 0 Å². The molecule has 2 rings (SSSR count). The first kappa shape index (κ1) is 7.17. The molecule has 1 atom stereocenters. The van der Waals surface area contributed by atoms with E-state index in [4.69, 9.17) is 10.5 Å². The van der Waals surface area contributed by atoms with Gasteiger partial charge in [0.15, 0.2) is 0 Å². The fourth-order valence-corrected chi connectivity index (χ4v) is 1.54. The molecule has 11 heavy (non-hydrogen) atoms. The van der Waals surface area contributed by atoms with Crippen molar-refractivity contribution in [2.45, 2.75) is 31.7 Å². The van der Waals surface area contributed by atoms with Gasteiger partial charge in [-0.25, -0.2) is 0 Å².